The molecule has 26 heavy (non-hydrogen) atoms. The fourth-order valence-corrected chi connectivity index (χ4v) is 3.33. The first-order chi connectivity index (χ1) is 12.6. The van der Waals surface area contributed by atoms with E-state index in [9.17, 15) is 9.59 Å². The fourth-order valence-electron chi connectivity index (χ4n) is 3.13. The molecule has 6 heteroatoms. The van der Waals surface area contributed by atoms with Crippen LogP contribution in [-0.4, -0.2) is 36.9 Å². The van der Waals surface area contributed by atoms with Gasteiger partial charge in [0.1, 0.15) is 11.8 Å². The summed E-state index contributed by atoms with van der Waals surface area (Å²) in [5.41, 5.74) is 1.78. The Balaban J connectivity index is 1.72. The first-order valence-electron chi connectivity index (χ1n) is 8.54. The Morgan fingerprint density at radius 3 is 2.73 bits per heavy atom. The SMILES string of the molecule is COc1ccc(CCC(=O)N2CCNC(=O)C2c2cccc(Cl)c2)cc1. The normalized spacial score (nSPS) is 16.9. The highest BCUT2D eigenvalue weighted by Gasteiger charge is 2.34. The van der Waals surface area contributed by atoms with Crippen LogP contribution in [0.3, 0.4) is 0 Å². The number of benzene rings is 2. The van der Waals surface area contributed by atoms with Crippen molar-refractivity contribution in [2.45, 2.75) is 18.9 Å². The average Bonchev–Trinajstić information content (AvgIpc) is 2.66. The van der Waals surface area contributed by atoms with Crippen LogP contribution in [0.15, 0.2) is 48.5 Å². The molecule has 1 atom stereocenters. The largest absolute Gasteiger partial charge is 0.497 e. The van der Waals surface area contributed by atoms with E-state index in [4.69, 9.17) is 16.3 Å². The van der Waals surface area contributed by atoms with Crippen LogP contribution in [0, 0.1) is 0 Å². The standard InChI is InChI=1S/C20H21ClN2O3/c1-26-17-8-5-14(6-9-17)7-10-18(24)23-12-11-22-20(25)19(23)15-3-2-4-16(21)13-15/h2-6,8-9,13,19H,7,10-12H2,1H3,(H,22,25). The van der Waals surface area contributed by atoms with Gasteiger partial charge in [0, 0.05) is 24.5 Å². The van der Waals surface area contributed by atoms with Gasteiger partial charge in [-0.25, -0.2) is 0 Å². The first kappa shape index (κ1) is 18.3. The zero-order valence-corrected chi connectivity index (χ0v) is 15.3. The van der Waals surface area contributed by atoms with E-state index in [0.29, 0.717) is 31.0 Å². The van der Waals surface area contributed by atoms with E-state index in [1.165, 1.54) is 0 Å². The molecule has 5 nitrogen and oxygen atoms in total. The predicted molar refractivity (Wildman–Crippen MR) is 100 cm³/mol. The number of aryl methyl sites for hydroxylation is 1. The molecule has 2 aromatic carbocycles. The molecule has 1 heterocycles. The maximum Gasteiger partial charge on any atom is 0.247 e. The maximum atomic E-state index is 12.8. The summed E-state index contributed by atoms with van der Waals surface area (Å²) in [5.74, 6) is 0.575. The number of carbonyl (C=O) groups is 2. The van der Waals surface area contributed by atoms with Crippen molar-refractivity contribution in [2.75, 3.05) is 20.2 Å². The smallest absolute Gasteiger partial charge is 0.247 e. The van der Waals surface area contributed by atoms with Crippen LogP contribution in [0.5, 0.6) is 5.75 Å². The summed E-state index contributed by atoms with van der Waals surface area (Å²) in [4.78, 5) is 26.8. The molecule has 1 aliphatic heterocycles. The van der Waals surface area contributed by atoms with Crippen molar-refractivity contribution in [1.82, 2.24) is 10.2 Å². The lowest BCUT2D eigenvalue weighted by atomic mass is 10.0. The number of hydrogen-bond donors (Lipinski definition) is 1. The molecule has 0 saturated carbocycles. The number of amides is 2. The highest BCUT2D eigenvalue weighted by molar-refractivity contribution is 6.30. The molecule has 2 aromatic rings. The van der Waals surface area contributed by atoms with Gasteiger partial charge < -0.3 is 15.0 Å². The minimum absolute atomic E-state index is 0.0411. The number of carbonyl (C=O) groups excluding carboxylic acids is 2. The van der Waals surface area contributed by atoms with Crippen molar-refractivity contribution < 1.29 is 14.3 Å². The summed E-state index contributed by atoms with van der Waals surface area (Å²) in [7, 11) is 1.62. The second-order valence-corrected chi connectivity index (χ2v) is 6.62. The van der Waals surface area contributed by atoms with Crippen LogP contribution >= 0.6 is 11.6 Å². The number of ether oxygens (including phenoxy) is 1. The molecule has 1 aliphatic rings. The lowest BCUT2D eigenvalue weighted by Crippen LogP contribution is -2.52. The van der Waals surface area contributed by atoms with Crippen molar-refractivity contribution in [1.29, 1.82) is 0 Å². The van der Waals surface area contributed by atoms with E-state index >= 15 is 0 Å². The second kappa shape index (κ2) is 8.23. The van der Waals surface area contributed by atoms with Gasteiger partial charge in [-0.05, 0) is 41.8 Å². The molecule has 0 aliphatic carbocycles. The van der Waals surface area contributed by atoms with Crippen molar-refractivity contribution in [3.63, 3.8) is 0 Å². The highest BCUT2D eigenvalue weighted by Crippen LogP contribution is 2.26. The van der Waals surface area contributed by atoms with Crippen LogP contribution in [-0.2, 0) is 16.0 Å². The number of halogens is 1. The predicted octanol–water partition coefficient (Wildman–Crippen LogP) is 2.98. The van der Waals surface area contributed by atoms with E-state index in [1.54, 1.807) is 30.2 Å². The van der Waals surface area contributed by atoms with Gasteiger partial charge in [-0.3, -0.25) is 9.59 Å². The molecular formula is C20H21ClN2O3. The number of methoxy groups -OCH3 is 1. The molecule has 0 aromatic heterocycles. The lowest BCUT2D eigenvalue weighted by molar-refractivity contribution is -0.143. The molecule has 3 rings (SSSR count). The van der Waals surface area contributed by atoms with E-state index < -0.39 is 6.04 Å². The number of piperazine rings is 1. The number of nitrogens with zero attached hydrogens (tertiary/aromatic N) is 1. The van der Waals surface area contributed by atoms with Gasteiger partial charge >= 0.3 is 0 Å². The van der Waals surface area contributed by atoms with Crippen LogP contribution in [0.25, 0.3) is 0 Å². The van der Waals surface area contributed by atoms with Gasteiger partial charge in [-0.15, -0.1) is 0 Å². The Morgan fingerprint density at radius 1 is 1.27 bits per heavy atom. The molecule has 136 valence electrons. The Hall–Kier alpha value is -2.53. The molecule has 0 spiro atoms. The van der Waals surface area contributed by atoms with Crippen LogP contribution in [0.1, 0.15) is 23.6 Å². The Morgan fingerprint density at radius 2 is 2.04 bits per heavy atom. The van der Waals surface area contributed by atoms with Gasteiger partial charge in [-0.1, -0.05) is 35.9 Å². The van der Waals surface area contributed by atoms with Crippen molar-refractivity contribution in [3.8, 4) is 5.75 Å². The Labute approximate surface area is 157 Å². The summed E-state index contributed by atoms with van der Waals surface area (Å²) in [5, 5.41) is 3.38. The summed E-state index contributed by atoms with van der Waals surface area (Å²) in [6.45, 7) is 0.953. The van der Waals surface area contributed by atoms with Crippen molar-refractivity contribution in [3.05, 3.63) is 64.7 Å². The molecule has 1 unspecified atom stereocenters. The Bertz CT molecular complexity index is 792. The number of nitrogens with one attached hydrogen (secondary N) is 1. The minimum atomic E-state index is -0.634. The van der Waals surface area contributed by atoms with Gasteiger partial charge in [0.05, 0.1) is 7.11 Å². The zero-order valence-electron chi connectivity index (χ0n) is 14.6. The molecule has 1 fully saturated rings. The van der Waals surface area contributed by atoms with E-state index in [1.807, 2.05) is 30.3 Å². The molecule has 1 N–H and O–H groups in total. The quantitative estimate of drug-likeness (QED) is 0.877. The topological polar surface area (TPSA) is 58.6 Å². The van der Waals surface area contributed by atoms with Crippen molar-refractivity contribution >= 4 is 23.4 Å². The molecular weight excluding hydrogens is 352 g/mol. The minimum Gasteiger partial charge on any atom is -0.497 e. The second-order valence-electron chi connectivity index (χ2n) is 6.18. The van der Waals surface area contributed by atoms with E-state index in [-0.39, 0.29) is 11.8 Å². The fraction of sp³-hybridized carbons (Fsp3) is 0.300. The third-order valence-corrected chi connectivity index (χ3v) is 4.72. The van der Waals surface area contributed by atoms with Crippen molar-refractivity contribution in [2.24, 2.45) is 0 Å². The molecule has 2 amide bonds. The molecule has 0 bridgehead atoms. The summed E-state index contributed by atoms with van der Waals surface area (Å²) >= 11 is 6.06. The number of hydrogen-bond acceptors (Lipinski definition) is 3. The van der Waals surface area contributed by atoms with E-state index in [0.717, 1.165) is 16.9 Å². The third-order valence-electron chi connectivity index (χ3n) is 4.48. The molecule has 0 radical (unpaired) electrons. The van der Waals surface area contributed by atoms with Crippen LogP contribution in [0.4, 0.5) is 0 Å². The summed E-state index contributed by atoms with van der Waals surface area (Å²) in [6, 6.07) is 14.1. The lowest BCUT2D eigenvalue weighted by Gasteiger charge is -2.35. The monoisotopic (exact) mass is 372 g/mol. The van der Waals surface area contributed by atoms with Gasteiger partial charge in [0.15, 0.2) is 0 Å². The van der Waals surface area contributed by atoms with Crippen LogP contribution < -0.4 is 10.1 Å². The van der Waals surface area contributed by atoms with E-state index in [2.05, 4.69) is 5.32 Å². The van der Waals surface area contributed by atoms with Gasteiger partial charge in [0.2, 0.25) is 11.8 Å². The molecule has 1 saturated heterocycles. The maximum absolute atomic E-state index is 12.8. The Kier molecular flexibility index (Phi) is 5.78. The highest BCUT2D eigenvalue weighted by atomic mass is 35.5. The number of rotatable bonds is 5. The average molecular weight is 373 g/mol. The zero-order chi connectivity index (χ0) is 18.5. The third kappa shape index (κ3) is 4.17. The first-order valence-corrected chi connectivity index (χ1v) is 8.92. The van der Waals surface area contributed by atoms with Crippen LogP contribution in [0.2, 0.25) is 5.02 Å². The summed E-state index contributed by atoms with van der Waals surface area (Å²) in [6.07, 6.45) is 0.958. The van der Waals surface area contributed by atoms with Gasteiger partial charge in [0.25, 0.3) is 0 Å². The summed E-state index contributed by atoms with van der Waals surface area (Å²) < 4.78 is 5.14. The van der Waals surface area contributed by atoms with Gasteiger partial charge in [-0.2, -0.15) is 0 Å².